The fraction of sp³-hybridized carbons (Fsp3) is 0. The molecule has 0 fully saturated rings. The van der Waals surface area contributed by atoms with Gasteiger partial charge in [-0.05, 0) is 12.1 Å². The minimum atomic E-state index is -0.397. The van der Waals surface area contributed by atoms with Gasteiger partial charge < -0.3 is 11.5 Å². The lowest BCUT2D eigenvalue weighted by Crippen LogP contribution is -2.19. The Morgan fingerprint density at radius 1 is 0.812 bits per heavy atom. The summed E-state index contributed by atoms with van der Waals surface area (Å²) < 4.78 is 0. The number of nitrogens with two attached hydrogens (primary N) is 2. The molecule has 2 aromatic rings. The number of benzene rings is 1. The highest BCUT2D eigenvalue weighted by Crippen LogP contribution is 2.18. The van der Waals surface area contributed by atoms with Crippen LogP contribution in [0.2, 0.25) is 0 Å². The second-order valence-corrected chi connectivity index (χ2v) is 2.93. The number of rotatable bonds is 0. The SMILES string of the molecule is Cl.Cl.Nc1cc2c(=O)[nH][nH]c(=O)c2cc1N. The summed E-state index contributed by atoms with van der Waals surface area (Å²) in [6.07, 6.45) is 0. The first-order chi connectivity index (χ1) is 6.59. The topological polar surface area (TPSA) is 118 Å². The van der Waals surface area contributed by atoms with Gasteiger partial charge in [-0.1, -0.05) is 0 Å². The van der Waals surface area contributed by atoms with Crippen molar-refractivity contribution in [2.45, 2.75) is 0 Å². The quantitative estimate of drug-likeness (QED) is 0.509. The molecule has 6 N–H and O–H groups in total. The molecule has 0 aliphatic heterocycles. The smallest absolute Gasteiger partial charge is 0.270 e. The molecular weight excluding hydrogens is 255 g/mol. The van der Waals surface area contributed by atoms with Gasteiger partial charge in [0.05, 0.1) is 22.1 Å². The minimum Gasteiger partial charge on any atom is -0.397 e. The predicted molar refractivity (Wildman–Crippen MR) is 68.5 cm³/mol. The molecule has 8 heteroatoms. The maximum atomic E-state index is 11.3. The average molecular weight is 265 g/mol. The zero-order valence-electron chi connectivity index (χ0n) is 7.94. The minimum absolute atomic E-state index is 0. The number of H-pyrrole nitrogens is 2. The van der Waals surface area contributed by atoms with Crippen molar-refractivity contribution < 1.29 is 0 Å². The second kappa shape index (κ2) is 4.91. The van der Waals surface area contributed by atoms with Crippen LogP contribution in [0.5, 0.6) is 0 Å². The third-order valence-electron chi connectivity index (χ3n) is 2.00. The molecule has 0 saturated heterocycles. The van der Waals surface area contributed by atoms with Crippen molar-refractivity contribution in [1.29, 1.82) is 0 Å². The van der Waals surface area contributed by atoms with E-state index < -0.39 is 11.1 Å². The molecule has 0 unspecified atom stereocenters. The van der Waals surface area contributed by atoms with E-state index in [0.29, 0.717) is 0 Å². The summed E-state index contributed by atoms with van der Waals surface area (Å²) in [5.74, 6) is 0. The van der Waals surface area contributed by atoms with E-state index in [1.165, 1.54) is 12.1 Å². The van der Waals surface area contributed by atoms with Crippen LogP contribution >= 0.6 is 24.8 Å². The van der Waals surface area contributed by atoms with Crippen LogP contribution in [0.15, 0.2) is 21.7 Å². The van der Waals surface area contributed by atoms with Gasteiger partial charge in [-0.3, -0.25) is 19.8 Å². The molecule has 1 heterocycles. The van der Waals surface area contributed by atoms with E-state index in [-0.39, 0.29) is 47.0 Å². The molecule has 6 nitrogen and oxygen atoms in total. The van der Waals surface area contributed by atoms with Crippen molar-refractivity contribution >= 4 is 47.0 Å². The molecule has 16 heavy (non-hydrogen) atoms. The van der Waals surface area contributed by atoms with Crippen molar-refractivity contribution in [3.63, 3.8) is 0 Å². The summed E-state index contributed by atoms with van der Waals surface area (Å²) >= 11 is 0. The predicted octanol–water partition coefficient (Wildman–Crippen LogP) is 0.224. The summed E-state index contributed by atoms with van der Waals surface area (Å²) in [5.41, 5.74) is 10.8. The van der Waals surface area contributed by atoms with Gasteiger partial charge >= 0.3 is 0 Å². The van der Waals surface area contributed by atoms with Gasteiger partial charge in [-0.2, -0.15) is 0 Å². The lowest BCUT2D eigenvalue weighted by Gasteiger charge is -2.01. The summed E-state index contributed by atoms with van der Waals surface area (Å²) in [7, 11) is 0. The fourth-order valence-corrected chi connectivity index (χ4v) is 1.26. The number of halogens is 2. The molecule has 1 aromatic carbocycles. The Morgan fingerprint density at radius 3 is 1.44 bits per heavy atom. The van der Waals surface area contributed by atoms with Crippen LogP contribution in [0.1, 0.15) is 0 Å². The van der Waals surface area contributed by atoms with Gasteiger partial charge in [0.2, 0.25) is 0 Å². The van der Waals surface area contributed by atoms with E-state index in [1.807, 2.05) is 0 Å². The first-order valence-electron chi connectivity index (χ1n) is 3.89. The molecule has 0 atom stereocenters. The number of aromatic nitrogens is 2. The van der Waals surface area contributed by atoms with Gasteiger partial charge in [0.15, 0.2) is 0 Å². The van der Waals surface area contributed by atoms with Gasteiger partial charge in [-0.15, -0.1) is 24.8 Å². The Labute approximate surface area is 102 Å². The van der Waals surface area contributed by atoms with Crippen molar-refractivity contribution in [1.82, 2.24) is 10.2 Å². The fourth-order valence-electron chi connectivity index (χ4n) is 1.26. The number of anilines is 2. The lowest BCUT2D eigenvalue weighted by atomic mass is 10.1. The lowest BCUT2D eigenvalue weighted by molar-refractivity contribution is 0.977. The van der Waals surface area contributed by atoms with Crippen LogP contribution in [0.25, 0.3) is 10.8 Å². The van der Waals surface area contributed by atoms with Gasteiger partial charge in [0.25, 0.3) is 11.1 Å². The first kappa shape index (κ1) is 14.3. The normalized spacial score (nSPS) is 9.25. The summed E-state index contributed by atoms with van der Waals surface area (Å²) in [6.45, 7) is 0. The Hall–Kier alpha value is -1.66. The van der Waals surface area contributed by atoms with Crippen LogP contribution in [0.4, 0.5) is 11.4 Å². The number of fused-ring (bicyclic) bond motifs is 1. The molecule has 0 radical (unpaired) electrons. The second-order valence-electron chi connectivity index (χ2n) is 2.93. The monoisotopic (exact) mass is 264 g/mol. The Balaban J connectivity index is 0.00000112. The first-order valence-corrected chi connectivity index (χ1v) is 3.89. The highest BCUT2D eigenvalue weighted by Gasteiger charge is 2.05. The van der Waals surface area contributed by atoms with E-state index in [0.717, 1.165) is 0 Å². The molecule has 0 amide bonds. The van der Waals surface area contributed by atoms with Crippen LogP contribution in [-0.2, 0) is 0 Å². The molecule has 1 aromatic heterocycles. The van der Waals surface area contributed by atoms with Crippen molar-refractivity contribution in [3.8, 4) is 0 Å². The molecule has 0 aliphatic carbocycles. The molecule has 0 spiro atoms. The molecular formula is C8H10Cl2N4O2. The van der Waals surface area contributed by atoms with E-state index >= 15 is 0 Å². The number of aromatic amines is 2. The number of nitrogens with one attached hydrogen (secondary N) is 2. The van der Waals surface area contributed by atoms with E-state index in [2.05, 4.69) is 10.2 Å². The number of nitrogen functional groups attached to an aromatic ring is 2. The van der Waals surface area contributed by atoms with Crippen molar-refractivity contribution in [2.24, 2.45) is 0 Å². The maximum absolute atomic E-state index is 11.3. The molecule has 0 bridgehead atoms. The van der Waals surface area contributed by atoms with Gasteiger partial charge in [0, 0.05) is 0 Å². The third-order valence-corrected chi connectivity index (χ3v) is 2.00. The van der Waals surface area contributed by atoms with Crippen LogP contribution in [-0.4, -0.2) is 10.2 Å². The highest BCUT2D eigenvalue weighted by molar-refractivity contribution is 5.89. The zero-order chi connectivity index (χ0) is 10.3. The van der Waals surface area contributed by atoms with Crippen LogP contribution < -0.4 is 22.6 Å². The summed E-state index contributed by atoms with van der Waals surface area (Å²) in [6, 6.07) is 2.78. The summed E-state index contributed by atoms with van der Waals surface area (Å²) in [5, 5.41) is 4.87. The average Bonchev–Trinajstić information content (AvgIpc) is 2.15. The third kappa shape index (κ3) is 2.12. The van der Waals surface area contributed by atoms with Crippen molar-refractivity contribution in [2.75, 3.05) is 11.5 Å². The van der Waals surface area contributed by atoms with E-state index in [9.17, 15) is 9.59 Å². The maximum Gasteiger partial charge on any atom is 0.270 e. The zero-order valence-corrected chi connectivity index (χ0v) is 9.58. The Bertz CT molecular complexity index is 565. The van der Waals surface area contributed by atoms with E-state index in [4.69, 9.17) is 11.5 Å². The van der Waals surface area contributed by atoms with Crippen molar-refractivity contribution in [3.05, 3.63) is 32.8 Å². The van der Waals surface area contributed by atoms with Gasteiger partial charge in [-0.25, -0.2) is 0 Å². The van der Waals surface area contributed by atoms with Crippen LogP contribution in [0, 0.1) is 0 Å². The Morgan fingerprint density at radius 2 is 1.12 bits per heavy atom. The standard InChI is InChI=1S/C8H8N4O2.2ClH/c9-5-1-3-4(2-6(5)10)8(14)12-11-7(3)13;;/h1-2H,9-10H2,(H,11,13)(H,12,14);2*1H. The van der Waals surface area contributed by atoms with Gasteiger partial charge in [0.1, 0.15) is 0 Å². The molecule has 0 aliphatic rings. The number of hydrogen-bond acceptors (Lipinski definition) is 4. The largest absolute Gasteiger partial charge is 0.397 e. The van der Waals surface area contributed by atoms with E-state index in [1.54, 1.807) is 0 Å². The Kier molecular flexibility index (Phi) is 4.40. The number of hydrogen-bond donors (Lipinski definition) is 4. The molecule has 88 valence electrons. The summed E-state index contributed by atoms with van der Waals surface area (Å²) in [4.78, 5) is 22.5. The molecule has 2 rings (SSSR count). The van der Waals surface area contributed by atoms with Crippen LogP contribution in [0.3, 0.4) is 0 Å². The molecule has 0 saturated carbocycles. The highest BCUT2D eigenvalue weighted by atomic mass is 35.5.